The molecule has 2 aromatic rings. The molecule has 37 heavy (non-hydrogen) atoms. The van der Waals surface area contributed by atoms with Crippen LogP contribution in [-0.4, -0.2) is 66.7 Å². The molecule has 2 rings (SSSR count). The lowest BCUT2D eigenvalue weighted by molar-refractivity contribution is -0.149. The molecule has 0 aromatic heterocycles. The molecule has 0 fully saturated rings. The first-order chi connectivity index (χ1) is 17.2. The summed E-state index contributed by atoms with van der Waals surface area (Å²) >= 11 is 24.1. The number of carbonyl (C=O) groups excluding carboxylic acids is 1. The number of benzene rings is 2. The third-order valence-electron chi connectivity index (χ3n) is 5.14. The molecule has 0 spiro atoms. The number of rotatable bonds is 12. The first kappa shape index (κ1) is 30.9. The van der Waals surface area contributed by atoms with E-state index in [0.717, 1.165) is 9.21 Å². The molecule has 0 saturated carbocycles. The summed E-state index contributed by atoms with van der Waals surface area (Å²) in [5.74, 6) is -2.17. The van der Waals surface area contributed by atoms with Gasteiger partial charge in [-0.15, -0.1) is 0 Å². The second kappa shape index (κ2) is 13.5. The Morgan fingerprint density at radius 1 is 0.973 bits per heavy atom. The molecular formula is C22H25Cl4N5O5S. The summed E-state index contributed by atoms with van der Waals surface area (Å²) in [6.45, 7) is -0.820. The lowest BCUT2D eigenvalue weighted by atomic mass is 10.1. The summed E-state index contributed by atoms with van der Waals surface area (Å²) in [5, 5.41) is 10.3. The summed E-state index contributed by atoms with van der Waals surface area (Å²) < 4.78 is 28.0. The lowest BCUT2D eigenvalue weighted by Gasteiger charge is -2.28. The van der Waals surface area contributed by atoms with Crippen LogP contribution in [0, 0.1) is 0 Å². The van der Waals surface area contributed by atoms with Crippen molar-refractivity contribution in [2.24, 2.45) is 16.5 Å². The smallest absolute Gasteiger partial charge is 0.326 e. The van der Waals surface area contributed by atoms with E-state index in [1.54, 1.807) is 0 Å². The fourth-order valence-corrected chi connectivity index (χ4v) is 6.05. The first-order valence-corrected chi connectivity index (χ1v) is 13.6. The van der Waals surface area contributed by atoms with Crippen LogP contribution in [0.1, 0.15) is 18.4 Å². The minimum absolute atomic E-state index is 0.0366. The zero-order valence-electron chi connectivity index (χ0n) is 19.6. The Kier molecular flexibility index (Phi) is 11.3. The van der Waals surface area contributed by atoms with Gasteiger partial charge in [-0.2, -0.15) is 4.31 Å². The van der Waals surface area contributed by atoms with E-state index in [4.69, 9.17) is 57.9 Å². The van der Waals surface area contributed by atoms with Gasteiger partial charge in [-0.1, -0.05) is 46.4 Å². The Balaban J connectivity index is 2.39. The average molecular weight is 613 g/mol. The molecular weight excluding hydrogens is 588 g/mol. The third-order valence-corrected chi connectivity index (χ3v) is 7.79. The van der Waals surface area contributed by atoms with E-state index in [-0.39, 0.29) is 56.9 Å². The van der Waals surface area contributed by atoms with Gasteiger partial charge in [-0.25, -0.2) is 13.2 Å². The van der Waals surface area contributed by atoms with Gasteiger partial charge >= 0.3 is 5.97 Å². The van der Waals surface area contributed by atoms with Gasteiger partial charge in [0, 0.05) is 40.2 Å². The van der Waals surface area contributed by atoms with Crippen LogP contribution in [0.25, 0.3) is 0 Å². The molecule has 10 nitrogen and oxygen atoms in total. The van der Waals surface area contributed by atoms with E-state index < -0.39 is 34.5 Å². The quantitative estimate of drug-likeness (QED) is 0.188. The van der Waals surface area contributed by atoms with Gasteiger partial charge in [0.2, 0.25) is 15.9 Å². The summed E-state index contributed by atoms with van der Waals surface area (Å²) in [7, 11) is -3.06. The highest BCUT2D eigenvalue weighted by molar-refractivity contribution is 7.89. The number of guanidine groups is 1. The van der Waals surface area contributed by atoms with Crippen molar-refractivity contribution in [3.05, 3.63) is 62.1 Å². The molecule has 2 aromatic carbocycles. The maximum atomic E-state index is 13.6. The van der Waals surface area contributed by atoms with Crippen molar-refractivity contribution in [3.8, 4) is 0 Å². The van der Waals surface area contributed by atoms with Gasteiger partial charge in [-0.3, -0.25) is 9.79 Å². The fraction of sp³-hybridized carbons (Fsp3) is 0.318. The Morgan fingerprint density at radius 2 is 1.49 bits per heavy atom. The highest BCUT2D eigenvalue weighted by Gasteiger charge is 2.32. The summed E-state index contributed by atoms with van der Waals surface area (Å²) in [5.41, 5.74) is 10.9. The molecule has 0 bridgehead atoms. The van der Waals surface area contributed by atoms with E-state index in [9.17, 15) is 23.1 Å². The molecule has 1 amide bonds. The van der Waals surface area contributed by atoms with Crippen molar-refractivity contribution < 1.29 is 23.1 Å². The van der Waals surface area contributed by atoms with Crippen molar-refractivity contribution in [2.45, 2.75) is 30.3 Å². The van der Waals surface area contributed by atoms with Crippen molar-refractivity contribution in [2.75, 3.05) is 20.1 Å². The maximum absolute atomic E-state index is 13.6. The van der Waals surface area contributed by atoms with E-state index in [1.165, 1.54) is 43.4 Å². The molecule has 0 aliphatic carbocycles. The normalized spacial score (nSPS) is 12.3. The van der Waals surface area contributed by atoms with Gasteiger partial charge in [0.1, 0.15) is 6.04 Å². The zero-order chi connectivity index (χ0) is 27.9. The number of amides is 1. The van der Waals surface area contributed by atoms with Crippen molar-refractivity contribution in [3.63, 3.8) is 0 Å². The minimum atomic E-state index is -4.34. The Bertz CT molecular complexity index is 1250. The Labute approximate surface area is 234 Å². The average Bonchev–Trinajstić information content (AvgIpc) is 2.76. The number of nitrogens with two attached hydrogens (primary N) is 2. The largest absolute Gasteiger partial charge is 0.480 e. The number of carboxylic acid groups (broad SMARTS) is 1. The van der Waals surface area contributed by atoms with Crippen LogP contribution in [0.3, 0.4) is 0 Å². The number of hydrogen-bond acceptors (Lipinski definition) is 5. The van der Waals surface area contributed by atoms with Gasteiger partial charge in [0.15, 0.2) is 5.96 Å². The SMILES string of the molecule is CN(C(=O)CN(Cc1cc(Cl)cc(Cl)c1)S(=O)(=O)c1cc(Cl)cc(Cl)c1)C(CCCN=C(N)N)C(=O)O. The van der Waals surface area contributed by atoms with Crippen molar-refractivity contribution >= 4 is 74.3 Å². The number of carbonyl (C=O) groups is 2. The summed E-state index contributed by atoms with van der Waals surface area (Å²) in [6, 6.07) is 6.98. The number of halogens is 4. The van der Waals surface area contributed by atoms with E-state index >= 15 is 0 Å². The number of hydrogen-bond donors (Lipinski definition) is 3. The number of aliphatic imine (C=N–C) groups is 1. The van der Waals surface area contributed by atoms with Crippen molar-refractivity contribution in [1.82, 2.24) is 9.21 Å². The van der Waals surface area contributed by atoms with E-state index in [2.05, 4.69) is 4.99 Å². The predicted molar refractivity (Wildman–Crippen MR) is 145 cm³/mol. The monoisotopic (exact) mass is 611 g/mol. The van der Waals surface area contributed by atoms with Crippen molar-refractivity contribution in [1.29, 1.82) is 0 Å². The lowest BCUT2D eigenvalue weighted by Crippen LogP contribution is -2.47. The van der Waals surface area contributed by atoms with Gasteiger partial charge in [0.05, 0.1) is 11.4 Å². The predicted octanol–water partition coefficient (Wildman–Crippen LogP) is 3.46. The number of nitrogens with zero attached hydrogens (tertiary/aromatic N) is 3. The van der Waals surface area contributed by atoms with E-state index in [1.807, 2.05) is 0 Å². The molecule has 0 heterocycles. The molecule has 0 aliphatic heterocycles. The van der Waals surface area contributed by atoms with Gasteiger partial charge in [-0.05, 0) is 54.8 Å². The standard InChI is InChI=1S/C22H25Cl4N5O5S/c1-30(19(21(33)34)3-2-4-29-22(27)28)20(32)12-31(11-13-5-14(23)7-15(24)6-13)37(35,36)18-9-16(25)8-17(26)10-18/h5-10,19H,2-4,11-12H2,1H3,(H,33,34)(H4,27,28,29). The minimum Gasteiger partial charge on any atom is -0.480 e. The van der Waals surface area contributed by atoms with Crippen LogP contribution < -0.4 is 11.5 Å². The van der Waals surface area contributed by atoms with Crippen LogP contribution in [0.5, 0.6) is 0 Å². The van der Waals surface area contributed by atoms with Crippen LogP contribution in [0.2, 0.25) is 20.1 Å². The van der Waals surface area contributed by atoms with Crippen LogP contribution in [0.15, 0.2) is 46.3 Å². The summed E-state index contributed by atoms with van der Waals surface area (Å²) in [4.78, 5) is 29.5. The third kappa shape index (κ3) is 9.20. The molecule has 1 unspecified atom stereocenters. The molecule has 1 atom stereocenters. The number of likely N-dealkylation sites (N-methyl/N-ethyl adjacent to an activating group) is 1. The highest BCUT2D eigenvalue weighted by Crippen LogP contribution is 2.27. The second-order valence-electron chi connectivity index (χ2n) is 7.96. The van der Waals surface area contributed by atoms with Gasteiger partial charge < -0.3 is 21.5 Å². The second-order valence-corrected chi connectivity index (χ2v) is 11.6. The van der Waals surface area contributed by atoms with Crippen LogP contribution in [-0.2, 0) is 26.2 Å². The molecule has 0 saturated heterocycles. The fourth-order valence-electron chi connectivity index (χ4n) is 3.37. The summed E-state index contributed by atoms with van der Waals surface area (Å²) in [6.07, 6.45) is 0.311. The Hall–Kier alpha value is -2.28. The molecule has 0 aliphatic rings. The van der Waals surface area contributed by atoms with Crippen LogP contribution >= 0.6 is 46.4 Å². The topological polar surface area (TPSA) is 159 Å². The number of carboxylic acids is 1. The molecule has 202 valence electrons. The molecule has 5 N–H and O–H groups in total. The highest BCUT2D eigenvalue weighted by atomic mass is 35.5. The van der Waals surface area contributed by atoms with E-state index in [0.29, 0.717) is 5.56 Å². The molecule has 0 radical (unpaired) electrons. The van der Waals surface area contributed by atoms with Crippen LogP contribution in [0.4, 0.5) is 0 Å². The number of sulfonamides is 1. The zero-order valence-corrected chi connectivity index (χ0v) is 23.4. The number of aliphatic carboxylic acids is 1. The first-order valence-electron chi connectivity index (χ1n) is 10.7. The molecule has 15 heteroatoms. The Morgan fingerprint density at radius 3 is 1.97 bits per heavy atom. The maximum Gasteiger partial charge on any atom is 0.326 e. The van der Waals surface area contributed by atoms with Gasteiger partial charge in [0.25, 0.3) is 0 Å².